The molecule has 5 nitrogen and oxygen atoms in total. The van der Waals surface area contributed by atoms with Crippen LogP contribution >= 0.6 is 0 Å². The van der Waals surface area contributed by atoms with Crippen LogP contribution in [0.5, 0.6) is 0 Å². The first-order valence-electron chi connectivity index (χ1n) is 21.9. The van der Waals surface area contributed by atoms with Crippen LogP contribution in [0.2, 0.25) is 0 Å². The molecule has 3 heterocycles. The summed E-state index contributed by atoms with van der Waals surface area (Å²) < 4.78 is 6.67. The van der Waals surface area contributed by atoms with E-state index in [0.29, 0.717) is 22.5 Å². The van der Waals surface area contributed by atoms with Gasteiger partial charge in [-0.2, -0.15) is 10.5 Å². The quantitative estimate of drug-likeness (QED) is 0.177. The van der Waals surface area contributed by atoms with Gasteiger partial charge in [0.2, 0.25) is 0 Å². The van der Waals surface area contributed by atoms with Crippen LogP contribution < -0.4 is 0 Å². The second-order valence-electron chi connectivity index (χ2n) is 16.7. The summed E-state index contributed by atoms with van der Waals surface area (Å²) in [5.74, 6) is 0. The van der Waals surface area contributed by atoms with Crippen LogP contribution in [0.15, 0.2) is 176 Å². The lowest BCUT2D eigenvalue weighted by Gasteiger charge is -2.25. The molecular weight excluding hydrogens is 779 g/mol. The van der Waals surface area contributed by atoms with E-state index in [2.05, 4.69) is 197 Å². The van der Waals surface area contributed by atoms with Gasteiger partial charge >= 0.3 is 0 Å². The molecule has 0 amide bonds. The van der Waals surface area contributed by atoms with Crippen molar-refractivity contribution in [3.8, 4) is 40.3 Å². The Balaban J connectivity index is 0.000000278. The first kappa shape index (κ1) is 38.5. The minimum Gasteiger partial charge on any atom is -0.308 e. The number of nitriles is 2. The van der Waals surface area contributed by atoms with Gasteiger partial charge in [0.25, 0.3) is 0 Å². The Kier molecular flexibility index (Phi) is 9.34. The fourth-order valence-electron chi connectivity index (χ4n) is 10.3. The Hall–Kier alpha value is -8.38. The molecule has 0 saturated carbocycles. The number of aryl methyl sites for hydroxylation is 3. The molecule has 5 heteroatoms. The number of fused-ring (bicyclic) bond motifs is 9. The molecule has 0 bridgehead atoms. The molecule has 0 atom stereocenters. The van der Waals surface area contributed by atoms with Crippen LogP contribution in [0.4, 0.5) is 0 Å². The summed E-state index contributed by atoms with van der Waals surface area (Å²) in [6, 6.07) is 64.3. The lowest BCUT2D eigenvalue weighted by atomic mass is 9.96. The van der Waals surface area contributed by atoms with Crippen molar-refractivity contribution in [1.29, 1.82) is 10.5 Å². The van der Waals surface area contributed by atoms with E-state index in [-0.39, 0.29) is 0 Å². The molecule has 0 spiro atoms. The van der Waals surface area contributed by atoms with Crippen molar-refractivity contribution in [2.45, 2.75) is 33.6 Å². The fraction of sp³-hybridized carbons (Fsp3) is 0.0847. The van der Waals surface area contributed by atoms with Crippen LogP contribution in [0.3, 0.4) is 0 Å². The van der Waals surface area contributed by atoms with Crippen molar-refractivity contribution in [3.63, 3.8) is 0 Å². The highest BCUT2D eigenvalue weighted by molar-refractivity contribution is 6.12. The molecule has 0 N–H and O–H groups in total. The monoisotopic (exact) mass is 821 g/mol. The van der Waals surface area contributed by atoms with Gasteiger partial charge < -0.3 is 13.7 Å². The third kappa shape index (κ3) is 5.83. The summed E-state index contributed by atoms with van der Waals surface area (Å²) in [5.41, 5.74) is 16.6. The molecule has 12 rings (SSSR count). The predicted molar refractivity (Wildman–Crippen MR) is 265 cm³/mol. The van der Waals surface area contributed by atoms with E-state index in [0.717, 1.165) is 78.9 Å². The van der Waals surface area contributed by atoms with E-state index in [1.54, 1.807) is 0 Å². The Labute approximate surface area is 372 Å². The molecule has 0 aliphatic heterocycles. The Morgan fingerprint density at radius 3 is 1.22 bits per heavy atom. The predicted octanol–water partition coefficient (Wildman–Crippen LogP) is 14.8. The summed E-state index contributed by atoms with van der Waals surface area (Å²) in [4.78, 5) is 0. The fourth-order valence-corrected chi connectivity index (χ4v) is 10.3. The molecule has 304 valence electrons. The van der Waals surface area contributed by atoms with Gasteiger partial charge in [-0.05, 0) is 103 Å². The highest BCUT2D eigenvalue weighted by Gasteiger charge is 2.31. The number of benzene rings is 8. The van der Waals surface area contributed by atoms with Gasteiger partial charge in [0.1, 0.15) is 17.7 Å². The van der Waals surface area contributed by atoms with E-state index in [1.807, 2.05) is 31.2 Å². The molecule has 64 heavy (non-hydrogen) atoms. The van der Waals surface area contributed by atoms with Gasteiger partial charge in [-0.3, -0.25) is 0 Å². The summed E-state index contributed by atoms with van der Waals surface area (Å²) in [5, 5.41) is 28.5. The lowest BCUT2D eigenvalue weighted by Crippen LogP contribution is -2.15. The third-order valence-corrected chi connectivity index (χ3v) is 13.2. The largest absolute Gasteiger partial charge is 0.308 e. The van der Waals surface area contributed by atoms with Gasteiger partial charge in [0.05, 0.1) is 50.2 Å². The van der Waals surface area contributed by atoms with Crippen LogP contribution in [-0.2, 0) is 6.42 Å². The van der Waals surface area contributed by atoms with Gasteiger partial charge in [-0.15, -0.1) is 0 Å². The maximum absolute atomic E-state index is 11.6. The van der Waals surface area contributed by atoms with Crippen LogP contribution in [0, 0.1) is 43.4 Å². The average Bonchev–Trinajstić information content (AvgIpc) is 3.98. The highest BCUT2D eigenvalue weighted by atomic mass is 15.1. The van der Waals surface area contributed by atoms with Gasteiger partial charge in [-0.1, -0.05) is 146 Å². The molecular formula is C59H43N5. The molecule has 1 aliphatic rings. The second-order valence-corrected chi connectivity index (χ2v) is 16.7. The summed E-state index contributed by atoms with van der Waals surface area (Å²) >= 11 is 0. The van der Waals surface area contributed by atoms with E-state index >= 15 is 0 Å². The Bertz CT molecular complexity index is 3650. The van der Waals surface area contributed by atoms with Crippen molar-refractivity contribution in [2.24, 2.45) is 0 Å². The molecule has 0 radical (unpaired) electrons. The van der Waals surface area contributed by atoms with Crippen LogP contribution in [0.25, 0.3) is 88.8 Å². The van der Waals surface area contributed by atoms with E-state index in [9.17, 15) is 10.5 Å². The normalized spacial score (nSPS) is 12.1. The zero-order chi connectivity index (χ0) is 43.5. The molecule has 0 unspecified atom stereocenters. The van der Waals surface area contributed by atoms with Gasteiger partial charge in [-0.25, -0.2) is 0 Å². The lowest BCUT2D eigenvalue weighted by molar-refractivity contribution is 0.958. The molecule has 11 aromatic rings. The topological polar surface area (TPSA) is 62.4 Å². The number of para-hydroxylation sites is 5. The molecule has 0 fully saturated rings. The highest BCUT2D eigenvalue weighted by Crippen LogP contribution is 2.45. The summed E-state index contributed by atoms with van der Waals surface area (Å²) in [6.07, 6.45) is 6.29. The van der Waals surface area contributed by atoms with Crippen LogP contribution in [-0.4, -0.2) is 13.7 Å². The molecule has 0 saturated heterocycles. The Morgan fingerprint density at radius 1 is 0.406 bits per heavy atom. The summed E-state index contributed by atoms with van der Waals surface area (Å²) in [7, 11) is 0. The number of rotatable bonds is 4. The number of hydrogen-bond acceptors (Lipinski definition) is 2. The van der Waals surface area contributed by atoms with Crippen molar-refractivity contribution in [3.05, 3.63) is 215 Å². The molecule has 3 aromatic heterocycles. The molecule has 1 aliphatic carbocycles. The number of aromatic nitrogens is 3. The third-order valence-electron chi connectivity index (χ3n) is 13.2. The minimum atomic E-state index is 0.521. The smallest absolute Gasteiger partial charge is 0.104 e. The second kappa shape index (κ2) is 15.5. The number of hydrogen-bond donors (Lipinski definition) is 0. The standard InChI is InChI=1S/C45H29N5.C14H14/c1-28-35(26-46)44(49-39-22-10-4-16-31(39)32-17-5-11-23-40(32)49)45(50-41-24-12-6-18-33(41)34-19-7-13-25-42(34)50)36(27-47)43(28)48-37-20-8-2-14-29(37)30-15-3-9-21-38(30)48;1-11-7-3-5-9-13(11)14-10-6-4-8-12(14)2/h2,4-14,16-25H,3,15H2,1H3;3-10H,1-2H3. The zero-order valence-electron chi connectivity index (χ0n) is 36.0. The van der Waals surface area contributed by atoms with E-state index in [4.69, 9.17) is 0 Å². The number of allylic oxidation sites excluding steroid dienone is 1. The van der Waals surface area contributed by atoms with Gasteiger partial charge in [0, 0.05) is 32.6 Å². The van der Waals surface area contributed by atoms with E-state index in [1.165, 1.54) is 33.2 Å². The minimum absolute atomic E-state index is 0.521. The SMILES string of the molecule is Cc1c(C#N)c(-n2c3ccccc3c3ccccc32)c(-n2c3ccccc3c3ccccc32)c(C#N)c1-n1c2c(c3ccccc31)CCC=C2.Cc1ccccc1-c1ccccc1C. The maximum Gasteiger partial charge on any atom is 0.104 e. The van der Waals surface area contributed by atoms with Crippen molar-refractivity contribution in [1.82, 2.24) is 13.7 Å². The zero-order valence-corrected chi connectivity index (χ0v) is 36.0. The maximum atomic E-state index is 11.6. The average molecular weight is 822 g/mol. The van der Waals surface area contributed by atoms with Crippen molar-refractivity contribution in [2.75, 3.05) is 0 Å². The summed E-state index contributed by atoms with van der Waals surface area (Å²) in [6.45, 7) is 6.32. The number of nitrogens with zero attached hydrogens (tertiary/aromatic N) is 5. The van der Waals surface area contributed by atoms with Crippen LogP contribution in [0.1, 0.15) is 45.5 Å². The first-order chi connectivity index (χ1) is 31.5. The van der Waals surface area contributed by atoms with E-state index < -0.39 is 0 Å². The van der Waals surface area contributed by atoms with Gasteiger partial charge in [0.15, 0.2) is 0 Å². The molecule has 8 aromatic carbocycles. The Morgan fingerprint density at radius 2 is 0.781 bits per heavy atom. The van der Waals surface area contributed by atoms with Crippen molar-refractivity contribution < 1.29 is 0 Å². The van der Waals surface area contributed by atoms with Crippen molar-refractivity contribution >= 4 is 60.6 Å². The first-order valence-corrected chi connectivity index (χ1v) is 21.9.